The zero-order valence-electron chi connectivity index (χ0n) is 20.5. The number of fused-ring (bicyclic) bond motifs is 1. The molecule has 2 aromatic rings. The van der Waals surface area contributed by atoms with Crippen molar-refractivity contribution in [3.63, 3.8) is 0 Å². The van der Waals surface area contributed by atoms with Crippen molar-refractivity contribution < 1.29 is 27.9 Å². The van der Waals surface area contributed by atoms with Gasteiger partial charge in [0.25, 0.3) is 0 Å². The van der Waals surface area contributed by atoms with Crippen LogP contribution in [-0.2, 0) is 22.2 Å². The zero-order valence-corrected chi connectivity index (χ0v) is 20.5. The number of aryl methyl sites for hydroxylation is 1. The molecule has 2 unspecified atom stereocenters. The predicted octanol–water partition coefficient (Wildman–Crippen LogP) is 4.31. The lowest BCUT2D eigenvalue weighted by Gasteiger charge is -2.34. The molecular formula is C27H31F3N4O3. The SMILES string of the molecule is O=C(O)C(c1ccc(C(F)(F)F)cc1)N1CCC(C(=O)N2CCC(c3ccc4c(n3)NCCC4)CC2)C1. The summed E-state index contributed by atoms with van der Waals surface area (Å²) in [6.45, 7) is 2.88. The number of nitrogens with one attached hydrogen (secondary N) is 1. The van der Waals surface area contributed by atoms with Crippen molar-refractivity contribution in [3.8, 4) is 0 Å². The van der Waals surface area contributed by atoms with Crippen molar-refractivity contribution in [2.45, 2.75) is 50.2 Å². The number of pyridine rings is 1. The molecule has 1 aromatic heterocycles. The van der Waals surface area contributed by atoms with E-state index < -0.39 is 23.8 Å². The van der Waals surface area contributed by atoms with E-state index in [1.807, 2.05) is 4.90 Å². The molecule has 2 atom stereocenters. The molecule has 37 heavy (non-hydrogen) atoms. The van der Waals surface area contributed by atoms with Crippen LogP contribution in [0.5, 0.6) is 0 Å². The van der Waals surface area contributed by atoms with Crippen molar-refractivity contribution in [1.29, 1.82) is 0 Å². The molecule has 10 heteroatoms. The highest BCUT2D eigenvalue weighted by Gasteiger charge is 2.39. The van der Waals surface area contributed by atoms with Gasteiger partial charge in [-0.05, 0) is 61.4 Å². The number of carbonyl (C=O) groups is 2. The molecular weight excluding hydrogens is 485 g/mol. The number of nitrogens with zero attached hydrogens (tertiary/aromatic N) is 3. The van der Waals surface area contributed by atoms with Crippen LogP contribution in [0.4, 0.5) is 19.0 Å². The first-order chi connectivity index (χ1) is 17.7. The number of aromatic nitrogens is 1. The number of hydrogen-bond acceptors (Lipinski definition) is 5. The molecule has 4 heterocycles. The first-order valence-electron chi connectivity index (χ1n) is 12.9. The van der Waals surface area contributed by atoms with Gasteiger partial charge in [0.1, 0.15) is 11.9 Å². The lowest BCUT2D eigenvalue weighted by Crippen LogP contribution is -2.42. The fraction of sp³-hybridized carbons (Fsp3) is 0.519. The van der Waals surface area contributed by atoms with Gasteiger partial charge >= 0.3 is 12.1 Å². The maximum Gasteiger partial charge on any atom is 0.416 e. The third-order valence-corrected chi connectivity index (χ3v) is 7.86. The largest absolute Gasteiger partial charge is 0.480 e. The number of amides is 1. The van der Waals surface area contributed by atoms with Crippen LogP contribution in [0.1, 0.15) is 60.0 Å². The molecule has 1 aromatic carbocycles. The summed E-state index contributed by atoms with van der Waals surface area (Å²) in [7, 11) is 0. The molecule has 198 valence electrons. The van der Waals surface area contributed by atoms with Gasteiger partial charge in [-0.2, -0.15) is 13.2 Å². The zero-order chi connectivity index (χ0) is 26.2. The summed E-state index contributed by atoms with van der Waals surface area (Å²) in [5.74, 6) is -0.152. The fourth-order valence-corrected chi connectivity index (χ4v) is 5.81. The molecule has 0 spiro atoms. The Bertz CT molecular complexity index is 1150. The molecule has 5 rings (SSSR count). The first kappa shape index (κ1) is 25.5. The van der Waals surface area contributed by atoms with Crippen molar-refractivity contribution in [3.05, 3.63) is 58.8 Å². The highest BCUT2D eigenvalue weighted by Crippen LogP contribution is 2.34. The number of piperidine rings is 1. The molecule has 3 aliphatic rings. The van der Waals surface area contributed by atoms with Crippen molar-refractivity contribution in [2.75, 3.05) is 38.0 Å². The molecule has 3 aliphatic heterocycles. The van der Waals surface area contributed by atoms with Crippen molar-refractivity contribution in [1.82, 2.24) is 14.8 Å². The maximum absolute atomic E-state index is 13.3. The Balaban J connectivity index is 1.18. The number of benzene rings is 1. The van der Waals surface area contributed by atoms with Crippen LogP contribution in [0.25, 0.3) is 0 Å². The van der Waals surface area contributed by atoms with E-state index in [1.54, 1.807) is 4.90 Å². The fourth-order valence-electron chi connectivity index (χ4n) is 5.81. The third kappa shape index (κ3) is 5.44. The summed E-state index contributed by atoms with van der Waals surface area (Å²) in [6, 6.07) is 7.41. The number of hydrogen-bond donors (Lipinski definition) is 2. The molecule has 0 aliphatic carbocycles. The Hall–Kier alpha value is -3.14. The average molecular weight is 517 g/mol. The summed E-state index contributed by atoms with van der Waals surface area (Å²) in [6.07, 6.45) is -0.133. The van der Waals surface area contributed by atoms with E-state index in [0.29, 0.717) is 32.0 Å². The molecule has 2 N–H and O–H groups in total. The topological polar surface area (TPSA) is 85.8 Å². The maximum atomic E-state index is 13.3. The van der Waals surface area contributed by atoms with Crippen LogP contribution in [0.15, 0.2) is 36.4 Å². The monoisotopic (exact) mass is 516 g/mol. The lowest BCUT2D eigenvalue weighted by atomic mass is 9.91. The second-order valence-electron chi connectivity index (χ2n) is 10.2. The normalized spacial score (nSPS) is 21.8. The van der Waals surface area contributed by atoms with E-state index in [1.165, 1.54) is 17.7 Å². The standard InChI is InChI=1S/C27H31F3N4O3/c28-27(29,30)21-6-3-18(4-7-21)23(26(36)37)34-15-11-20(16-34)25(35)33-13-9-17(10-14-33)22-8-5-19-2-1-12-31-24(19)32-22/h3-8,17,20,23H,1-2,9-16H2,(H,31,32)(H,36,37). The minimum absolute atomic E-state index is 0.0255. The number of likely N-dealkylation sites (tertiary alicyclic amines) is 2. The van der Waals surface area contributed by atoms with Gasteiger partial charge in [0.15, 0.2) is 0 Å². The lowest BCUT2D eigenvalue weighted by molar-refractivity contribution is -0.144. The molecule has 2 fully saturated rings. The van der Waals surface area contributed by atoms with Crippen LogP contribution in [0, 0.1) is 5.92 Å². The molecule has 2 saturated heterocycles. The Labute approximate surface area is 213 Å². The van der Waals surface area contributed by atoms with Gasteiger partial charge in [-0.25, -0.2) is 4.98 Å². The van der Waals surface area contributed by atoms with E-state index in [9.17, 15) is 27.9 Å². The number of alkyl halides is 3. The summed E-state index contributed by atoms with van der Waals surface area (Å²) < 4.78 is 38.7. The smallest absolute Gasteiger partial charge is 0.416 e. The van der Waals surface area contributed by atoms with E-state index in [4.69, 9.17) is 4.98 Å². The molecule has 7 nitrogen and oxygen atoms in total. The summed E-state index contributed by atoms with van der Waals surface area (Å²) in [5.41, 5.74) is 1.78. The summed E-state index contributed by atoms with van der Waals surface area (Å²) in [5, 5.41) is 13.2. The Morgan fingerprint density at radius 2 is 1.76 bits per heavy atom. The van der Waals surface area contributed by atoms with Gasteiger partial charge < -0.3 is 15.3 Å². The number of carboxylic acids is 1. The molecule has 0 saturated carbocycles. The Morgan fingerprint density at radius 1 is 1.03 bits per heavy atom. The van der Waals surface area contributed by atoms with Gasteiger partial charge in [-0.1, -0.05) is 18.2 Å². The number of halogens is 3. The molecule has 0 bridgehead atoms. The van der Waals surface area contributed by atoms with Crippen LogP contribution in [-0.4, -0.2) is 64.5 Å². The Morgan fingerprint density at radius 3 is 2.43 bits per heavy atom. The minimum Gasteiger partial charge on any atom is -0.480 e. The van der Waals surface area contributed by atoms with Crippen LogP contribution < -0.4 is 5.32 Å². The van der Waals surface area contributed by atoms with Gasteiger partial charge in [0, 0.05) is 44.3 Å². The van der Waals surface area contributed by atoms with E-state index >= 15 is 0 Å². The second kappa shape index (κ2) is 10.3. The number of rotatable bonds is 5. The van der Waals surface area contributed by atoms with E-state index in [2.05, 4.69) is 17.4 Å². The van der Waals surface area contributed by atoms with Gasteiger partial charge in [0.05, 0.1) is 11.5 Å². The number of carboxylic acid groups (broad SMARTS) is 1. The van der Waals surface area contributed by atoms with Crippen LogP contribution in [0.2, 0.25) is 0 Å². The number of aliphatic carboxylic acids is 1. The van der Waals surface area contributed by atoms with Crippen molar-refractivity contribution >= 4 is 17.7 Å². The van der Waals surface area contributed by atoms with Gasteiger partial charge in [-0.15, -0.1) is 0 Å². The number of carbonyl (C=O) groups excluding carboxylic acids is 1. The minimum atomic E-state index is -4.48. The quantitative estimate of drug-likeness (QED) is 0.616. The van der Waals surface area contributed by atoms with Crippen LogP contribution >= 0.6 is 0 Å². The Kier molecular flexibility index (Phi) is 7.11. The van der Waals surface area contributed by atoms with Gasteiger partial charge in [-0.3, -0.25) is 14.5 Å². The third-order valence-electron chi connectivity index (χ3n) is 7.86. The average Bonchev–Trinajstić information content (AvgIpc) is 3.37. The number of anilines is 1. The van der Waals surface area contributed by atoms with Gasteiger partial charge in [0.2, 0.25) is 5.91 Å². The molecule has 1 amide bonds. The van der Waals surface area contributed by atoms with E-state index in [0.717, 1.165) is 55.9 Å². The predicted molar refractivity (Wildman–Crippen MR) is 131 cm³/mol. The molecule has 0 radical (unpaired) electrons. The summed E-state index contributed by atoms with van der Waals surface area (Å²) >= 11 is 0. The van der Waals surface area contributed by atoms with Crippen molar-refractivity contribution in [2.24, 2.45) is 5.92 Å². The van der Waals surface area contributed by atoms with E-state index in [-0.39, 0.29) is 23.9 Å². The second-order valence-corrected chi connectivity index (χ2v) is 10.2. The van der Waals surface area contributed by atoms with Crippen LogP contribution in [0.3, 0.4) is 0 Å². The first-order valence-corrected chi connectivity index (χ1v) is 12.9. The summed E-state index contributed by atoms with van der Waals surface area (Å²) in [4.78, 5) is 33.7. The highest BCUT2D eigenvalue weighted by atomic mass is 19.4. The highest BCUT2D eigenvalue weighted by molar-refractivity contribution is 5.80.